The monoisotopic (exact) mass is 397 g/mol. The molecule has 9 nitrogen and oxygen atoms in total. The zero-order chi connectivity index (χ0) is 19.9. The summed E-state index contributed by atoms with van der Waals surface area (Å²) in [7, 11) is 0. The van der Waals surface area contributed by atoms with Crippen LogP contribution < -0.4 is 10.6 Å². The largest absolute Gasteiger partial charge is 0.465 e. The highest BCUT2D eigenvalue weighted by Gasteiger charge is 2.10. The summed E-state index contributed by atoms with van der Waals surface area (Å²) >= 11 is 5.19. The number of hydrogen-bond donors (Lipinski definition) is 2. The predicted molar refractivity (Wildman–Crippen MR) is 110 cm³/mol. The van der Waals surface area contributed by atoms with E-state index in [9.17, 15) is 4.79 Å². The van der Waals surface area contributed by atoms with E-state index in [0.29, 0.717) is 40.9 Å². The van der Waals surface area contributed by atoms with E-state index in [0.717, 1.165) is 5.56 Å². The van der Waals surface area contributed by atoms with Gasteiger partial charge in [0.25, 0.3) is 0 Å². The van der Waals surface area contributed by atoms with E-state index in [1.807, 2.05) is 6.07 Å². The third kappa shape index (κ3) is 4.86. The lowest BCUT2D eigenvalue weighted by molar-refractivity contribution is -0.144. The molecule has 0 amide bonds. The molecule has 3 heterocycles. The second-order valence-corrected chi connectivity index (χ2v) is 6.06. The van der Waals surface area contributed by atoms with Crippen LogP contribution in [-0.2, 0) is 16.1 Å². The molecule has 0 fully saturated rings. The van der Waals surface area contributed by atoms with Gasteiger partial charge in [-0.25, -0.2) is 9.97 Å². The first-order chi connectivity index (χ1) is 13.6. The van der Waals surface area contributed by atoms with Crippen molar-refractivity contribution in [2.24, 2.45) is 0 Å². The number of aromatic nitrogens is 5. The summed E-state index contributed by atoms with van der Waals surface area (Å²) in [6.07, 6.45) is 6.68. The van der Waals surface area contributed by atoms with Gasteiger partial charge in [-0.05, 0) is 31.3 Å². The van der Waals surface area contributed by atoms with Crippen LogP contribution in [0, 0.1) is 0 Å². The van der Waals surface area contributed by atoms with Gasteiger partial charge in [0, 0.05) is 18.3 Å². The van der Waals surface area contributed by atoms with Crippen LogP contribution in [0.5, 0.6) is 0 Å². The topological polar surface area (TPSA) is 107 Å². The van der Waals surface area contributed by atoms with Crippen molar-refractivity contribution in [1.29, 1.82) is 0 Å². The van der Waals surface area contributed by atoms with Crippen LogP contribution in [0.4, 0.5) is 5.82 Å². The number of rotatable bonds is 7. The zero-order valence-electron chi connectivity index (χ0n) is 15.3. The maximum atomic E-state index is 11.6. The highest BCUT2D eigenvalue weighted by molar-refractivity contribution is 7.80. The Morgan fingerprint density at radius 3 is 3.00 bits per heavy atom. The van der Waals surface area contributed by atoms with Gasteiger partial charge >= 0.3 is 5.97 Å². The van der Waals surface area contributed by atoms with Gasteiger partial charge in [-0.1, -0.05) is 6.08 Å². The number of nitrogens with zero attached hydrogens (tertiary/aromatic N) is 5. The molecular weight excluding hydrogens is 378 g/mol. The fourth-order valence-corrected chi connectivity index (χ4v) is 2.54. The number of hydrogen-bond acceptors (Lipinski definition) is 7. The molecule has 144 valence electrons. The summed E-state index contributed by atoms with van der Waals surface area (Å²) in [6, 6.07) is 3.58. The molecule has 0 aliphatic carbocycles. The summed E-state index contributed by atoms with van der Waals surface area (Å²) in [5.41, 5.74) is 2.44. The number of carbonyl (C=O) groups is 1. The first-order valence-electron chi connectivity index (χ1n) is 8.57. The normalized spacial score (nSPS) is 10.5. The highest BCUT2D eigenvalue weighted by Crippen LogP contribution is 2.19. The third-order valence-corrected chi connectivity index (χ3v) is 3.83. The molecule has 0 aliphatic heterocycles. The van der Waals surface area contributed by atoms with Crippen LogP contribution in [0.15, 0.2) is 43.4 Å². The van der Waals surface area contributed by atoms with Crippen molar-refractivity contribution >= 4 is 40.3 Å². The number of ether oxygens (including phenoxy) is 1. The molecule has 0 saturated heterocycles. The molecule has 0 unspecified atom stereocenters. The molecule has 3 aromatic rings. The summed E-state index contributed by atoms with van der Waals surface area (Å²) < 4.78 is 6.42. The van der Waals surface area contributed by atoms with Gasteiger partial charge in [0.05, 0.1) is 24.7 Å². The van der Waals surface area contributed by atoms with E-state index >= 15 is 0 Å². The van der Waals surface area contributed by atoms with Crippen molar-refractivity contribution in [2.45, 2.75) is 13.5 Å². The van der Waals surface area contributed by atoms with Crippen molar-refractivity contribution in [3.8, 4) is 11.3 Å². The number of nitrogens with one attached hydrogen (secondary N) is 2. The second kappa shape index (κ2) is 9.00. The van der Waals surface area contributed by atoms with Crippen LogP contribution in [0.3, 0.4) is 0 Å². The number of pyridine rings is 1. The molecular formula is C18H19N7O2S. The molecule has 0 aliphatic rings. The lowest BCUT2D eigenvalue weighted by atomic mass is 10.2. The Morgan fingerprint density at radius 2 is 2.21 bits per heavy atom. The van der Waals surface area contributed by atoms with E-state index in [4.69, 9.17) is 17.0 Å². The maximum absolute atomic E-state index is 11.6. The van der Waals surface area contributed by atoms with Gasteiger partial charge < -0.3 is 15.4 Å². The maximum Gasteiger partial charge on any atom is 0.327 e. The summed E-state index contributed by atoms with van der Waals surface area (Å²) in [5.74, 6) is 0.207. The Bertz CT molecular complexity index is 1020. The number of thiocarbonyl (C=S) groups is 1. The third-order valence-electron chi connectivity index (χ3n) is 3.58. The molecule has 0 radical (unpaired) electrons. The smallest absolute Gasteiger partial charge is 0.327 e. The van der Waals surface area contributed by atoms with Gasteiger partial charge in [-0.2, -0.15) is 5.10 Å². The van der Waals surface area contributed by atoms with Crippen LogP contribution in [0.1, 0.15) is 6.92 Å². The van der Waals surface area contributed by atoms with Gasteiger partial charge in [0.15, 0.2) is 10.8 Å². The van der Waals surface area contributed by atoms with E-state index in [-0.39, 0.29) is 12.5 Å². The standard InChI is InChI=1S/C18H19N7O2S/c1-3-7-19-18(28)24-15-6-5-13-17(23-15)22-14(9-20-13)12-8-21-25(10-12)11-16(26)27-4-2/h3,5-6,8-10H,1,4,7,11H2,2H3,(H2,19,22,23,24,28). The molecule has 0 aromatic carbocycles. The minimum absolute atomic E-state index is 0.0380. The summed E-state index contributed by atoms with van der Waals surface area (Å²) in [5, 5.41) is 10.6. The fraction of sp³-hybridized carbons (Fsp3) is 0.222. The van der Waals surface area contributed by atoms with E-state index in [2.05, 4.69) is 37.3 Å². The van der Waals surface area contributed by atoms with Gasteiger partial charge in [0.1, 0.15) is 17.9 Å². The average Bonchev–Trinajstić information content (AvgIpc) is 3.14. The number of esters is 1. The van der Waals surface area contributed by atoms with Crippen molar-refractivity contribution in [3.05, 3.63) is 43.4 Å². The lowest BCUT2D eigenvalue weighted by Gasteiger charge is -2.08. The molecule has 0 saturated carbocycles. The minimum atomic E-state index is -0.347. The van der Waals surface area contributed by atoms with Gasteiger partial charge in [0.2, 0.25) is 0 Å². The van der Waals surface area contributed by atoms with Crippen LogP contribution in [-0.4, -0.2) is 49.0 Å². The van der Waals surface area contributed by atoms with Crippen molar-refractivity contribution in [1.82, 2.24) is 30.0 Å². The van der Waals surface area contributed by atoms with E-state index < -0.39 is 0 Å². The Balaban J connectivity index is 1.79. The molecule has 3 rings (SSSR count). The van der Waals surface area contributed by atoms with Crippen LogP contribution in [0.2, 0.25) is 0 Å². The van der Waals surface area contributed by atoms with E-state index in [1.165, 1.54) is 4.68 Å². The lowest BCUT2D eigenvalue weighted by Crippen LogP contribution is -2.28. The first-order valence-corrected chi connectivity index (χ1v) is 8.98. The molecule has 0 atom stereocenters. The zero-order valence-corrected chi connectivity index (χ0v) is 16.1. The quantitative estimate of drug-likeness (QED) is 0.351. The van der Waals surface area contributed by atoms with Crippen molar-refractivity contribution < 1.29 is 9.53 Å². The fourth-order valence-electron chi connectivity index (χ4n) is 2.35. The molecule has 10 heteroatoms. The number of fused-ring (bicyclic) bond motifs is 1. The molecule has 3 aromatic heterocycles. The van der Waals surface area contributed by atoms with Crippen LogP contribution in [0.25, 0.3) is 22.4 Å². The van der Waals surface area contributed by atoms with Crippen molar-refractivity contribution in [2.75, 3.05) is 18.5 Å². The van der Waals surface area contributed by atoms with Crippen LogP contribution >= 0.6 is 12.2 Å². The van der Waals surface area contributed by atoms with Crippen molar-refractivity contribution in [3.63, 3.8) is 0 Å². The molecule has 0 bridgehead atoms. The Labute approximate surface area is 166 Å². The molecule has 28 heavy (non-hydrogen) atoms. The van der Waals surface area contributed by atoms with Gasteiger partial charge in [-0.3, -0.25) is 14.5 Å². The first kappa shape index (κ1) is 19.4. The SMILES string of the molecule is C=CCNC(=S)Nc1ccc2ncc(-c3cnn(CC(=O)OCC)c3)nc2n1. The Hall–Kier alpha value is -3.40. The summed E-state index contributed by atoms with van der Waals surface area (Å²) in [6.45, 7) is 6.31. The van der Waals surface area contributed by atoms with Gasteiger partial charge in [-0.15, -0.1) is 6.58 Å². The Morgan fingerprint density at radius 1 is 1.36 bits per heavy atom. The predicted octanol–water partition coefficient (Wildman–Crippen LogP) is 1.92. The average molecular weight is 397 g/mol. The number of carbonyl (C=O) groups excluding carboxylic acids is 1. The molecule has 0 spiro atoms. The Kier molecular flexibility index (Phi) is 6.22. The highest BCUT2D eigenvalue weighted by atomic mass is 32.1. The summed E-state index contributed by atoms with van der Waals surface area (Å²) in [4.78, 5) is 25.0. The minimum Gasteiger partial charge on any atom is -0.465 e. The number of anilines is 1. The second-order valence-electron chi connectivity index (χ2n) is 5.65. The van der Waals surface area contributed by atoms with E-state index in [1.54, 1.807) is 37.7 Å². The molecule has 2 N–H and O–H groups in total.